The van der Waals surface area contributed by atoms with Crippen LogP contribution >= 0.6 is 23.2 Å². The fraction of sp³-hybridized carbons (Fsp3) is 0.478. The van der Waals surface area contributed by atoms with Crippen molar-refractivity contribution in [3.05, 3.63) is 51.4 Å². The van der Waals surface area contributed by atoms with Crippen LogP contribution in [0.1, 0.15) is 40.9 Å². The molecule has 1 aromatic heterocycles. The number of likely N-dealkylation sites (tertiary alicyclic amines) is 2. The van der Waals surface area contributed by atoms with Crippen LogP contribution in [-0.2, 0) is 16.6 Å². The largest absolute Gasteiger partial charge is 0.366 e. The predicted molar refractivity (Wildman–Crippen MR) is 138 cm³/mol. The number of anilines is 1. The highest BCUT2D eigenvalue weighted by atomic mass is 35.5. The van der Waals surface area contributed by atoms with E-state index >= 15 is 0 Å². The van der Waals surface area contributed by atoms with Crippen LogP contribution in [0, 0.1) is 6.92 Å². The third kappa shape index (κ3) is 6.49. The van der Waals surface area contributed by atoms with Crippen LogP contribution < -0.4 is 5.32 Å². The highest BCUT2D eigenvalue weighted by molar-refractivity contribution is 7.89. The molecule has 1 amide bonds. The first-order chi connectivity index (χ1) is 16.6. The molecule has 0 radical (unpaired) electrons. The van der Waals surface area contributed by atoms with Crippen LogP contribution in [0.3, 0.4) is 0 Å². The van der Waals surface area contributed by atoms with Crippen LogP contribution in [0.4, 0.5) is 5.82 Å². The van der Waals surface area contributed by atoms with Gasteiger partial charge in [0.25, 0.3) is 5.91 Å². The molecule has 2 saturated heterocycles. The van der Waals surface area contributed by atoms with Crippen molar-refractivity contribution in [2.45, 2.75) is 38.8 Å². The lowest BCUT2D eigenvalue weighted by molar-refractivity contribution is 0.0641. The number of aromatic nitrogens is 2. The summed E-state index contributed by atoms with van der Waals surface area (Å²) in [5.74, 6) is 0.487. The Morgan fingerprint density at radius 3 is 2.60 bits per heavy atom. The first kappa shape index (κ1) is 25.8. The molecule has 3 heterocycles. The Morgan fingerprint density at radius 1 is 1.17 bits per heavy atom. The van der Waals surface area contributed by atoms with Gasteiger partial charge in [-0.25, -0.2) is 18.4 Å². The lowest BCUT2D eigenvalue weighted by Crippen LogP contribution is -2.46. The summed E-state index contributed by atoms with van der Waals surface area (Å²) in [6.07, 6.45) is 4.84. The Hall–Kier alpha value is -2.27. The van der Waals surface area contributed by atoms with Gasteiger partial charge in [0.05, 0.1) is 16.3 Å². The summed E-state index contributed by atoms with van der Waals surface area (Å²) < 4.78 is 26.7. The highest BCUT2D eigenvalue weighted by Crippen LogP contribution is 2.25. The van der Waals surface area contributed by atoms with Gasteiger partial charge in [-0.3, -0.25) is 9.69 Å². The lowest BCUT2D eigenvalue weighted by Gasteiger charge is -2.36. The third-order valence-corrected chi connectivity index (χ3v) is 7.70. The monoisotopic (exact) mass is 538 g/mol. The molecule has 0 atom stereocenters. The van der Waals surface area contributed by atoms with Crippen molar-refractivity contribution in [2.75, 3.05) is 37.8 Å². The van der Waals surface area contributed by atoms with Crippen LogP contribution in [-0.4, -0.2) is 78.3 Å². The number of amides is 1. The molecule has 0 unspecified atom stereocenters. The van der Waals surface area contributed by atoms with Crippen LogP contribution in [0.15, 0.2) is 28.9 Å². The molecular weight excluding hydrogens is 511 g/mol. The third-order valence-electron chi connectivity index (χ3n) is 6.37. The maximum Gasteiger partial charge on any atom is 0.272 e. The van der Waals surface area contributed by atoms with Crippen LogP contribution in [0.25, 0.3) is 0 Å². The smallest absolute Gasteiger partial charge is 0.272 e. The fourth-order valence-corrected chi connectivity index (χ4v) is 5.49. The minimum absolute atomic E-state index is 0.110. The standard InChI is InChI=1S/C23H28Cl2N6O3S/c1-15-21(27-14-28-22(15)26-12-16-3-4-19(24)20(25)11-16)23(32)30-9-6-18(7-10-30)31-8-5-17(13-31)29-35(2,33)34/h3-4,11,14,18H,5-10,12-13H2,1-2H3,(H,26,27,28). The second kappa shape index (κ2) is 10.8. The number of hydrogen-bond donors (Lipinski definition) is 1. The van der Waals surface area contributed by atoms with Gasteiger partial charge < -0.3 is 10.2 Å². The summed E-state index contributed by atoms with van der Waals surface area (Å²) >= 11 is 12.1. The number of carbonyl (C=O) groups is 1. The van der Waals surface area contributed by atoms with Crippen LogP contribution in [0.2, 0.25) is 10.0 Å². The molecule has 2 aliphatic heterocycles. The average molecular weight is 539 g/mol. The number of carbonyl (C=O) groups excluding carboxylic acids is 1. The van der Waals surface area contributed by atoms with Gasteiger partial charge in [-0.05, 0) is 37.5 Å². The second-order valence-corrected chi connectivity index (χ2v) is 11.4. The predicted octanol–water partition coefficient (Wildman–Crippen LogP) is 3.41. The number of sulfonamides is 1. The Bertz CT molecular complexity index is 1250. The molecule has 12 heteroatoms. The Labute approximate surface area is 215 Å². The first-order valence-corrected chi connectivity index (χ1v) is 14.0. The van der Waals surface area contributed by atoms with E-state index in [1.165, 1.54) is 6.33 Å². The first-order valence-electron chi connectivity index (χ1n) is 11.4. The number of halogens is 2. The van der Waals surface area contributed by atoms with Gasteiger partial charge >= 0.3 is 0 Å². The quantitative estimate of drug-likeness (QED) is 0.600. The molecule has 0 aliphatic carbocycles. The Kier molecular flexibility index (Phi) is 7.95. The summed E-state index contributed by atoms with van der Waals surface area (Å²) in [5, 5.41) is 4.24. The van der Waals surface area contributed by atoms with E-state index in [1.54, 1.807) is 12.1 Å². The zero-order valence-electron chi connectivity index (χ0n) is 19.7. The van der Waals surface area contributed by atoms with Gasteiger partial charge in [-0.1, -0.05) is 29.3 Å². The number of piperidine rings is 1. The molecule has 2 fully saturated rings. The van der Waals surface area contributed by atoms with E-state index in [0.29, 0.717) is 71.5 Å². The van der Waals surface area contributed by atoms with E-state index in [0.717, 1.165) is 31.2 Å². The molecule has 4 rings (SSSR count). The van der Waals surface area contributed by atoms with Crippen LogP contribution in [0.5, 0.6) is 0 Å². The number of nitrogens with one attached hydrogen (secondary N) is 1. The zero-order valence-corrected chi connectivity index (χ0v) is 22.0. The maximum atomic E-state index is 13.2. The van der Waals surface area contributed by atoms with E-state index in [1.807, 2.05) is 17.9 Å². The van der Waals surface area contributed by atoms with E-state index in [9.17, 15) is 13.2 Å². The Morgan fingerprint density at radius 2 is 1.91 bits per heavy atom. The zero-order chi connectivity index (χ0) is 25.2. The molecule has 35 heavy (non-hydrogen) atoms. The number of benzene rings is 1. The van der Waals surface area contributed by atoms with Crippen molar-refractivity contribution in [1.29, 1.82) is 0 Å². The van der Waals surface area contributed by atoms with Gasteiger partial charge in [-0.15, -0.1) is 0 Å². The van der Waals surface area contributed by atoms with Gasteiger partial charge in [-0.2, -0.15) is 4.40 Å². The summed E-state index contributed by atoms with van der Waals surface area (Å²) in [7, 11) is -3.36. The number of hydrogen-bond acceptors (Lipinski definition) is 7. The molecule has 9 nitrogen and oxygen atoms in total. The Balaban J connectivity index is 1.35. The van der Waals surface area contributed by atoms with E-state index in [-0.39, 0.29) is 5.91 Å². The second-order valence-electron chi connectivity index (χ2n) is 8.93. The lowest BCUT2D eigenvalue weighted by atomic mass is 10.0. The molecule has 188 valence electrons. The molecule has 2 aromatic rings. The van der Waals surface area contributed by atoms with Crippen molar-refractivity contribution in [2.24, 2.45) is 4.40 Å². The van der Waals surface area contributed by atoms with Gasteiger partial charge in [0, 0.05) is 56.5 Å². The molecule has 2 aliphatic rings. The van der Waals surface area contributed by atoms with Crippen molar-refractivity contribution in [3.8, 4) is 0 Å². The fourth-order valence-electron chi connectivity index (χ4n) is 4.55. The normalized spacial score (nSPS) is 18.9. The van der Waals surface area contributed by atoms with Gasteiger partial charge in [0.2, 0.25) is 10.0 Å². The average Bonchev–Trinajstić information content (AvgIpc) is 3.27. The minimum Gasteiger partial charge on any atom is -0.366 e. The van der Waals surface area contributed by atoms with Crippen molar-refractivity contribution < 1.29 is 13.2 Å². The summed E-state index contributed by atoms with van der Waals surface area (Å²) in [5.41, 5.74) is 2.74. The molecule has 1 N–H and O–H groups in total. The van der Waals surface area contributed by atoms with E-state index < -0.39 is 10.0 Å². The van der Waals surface area contributed by atoms with Crippen molar-refractivity contribution >= 4 is 50.7 Å². The maximum absolute atomic E-state index is 13.2. The van der Waals surface area contributed by atoms with Crippen molar-refractivity contribution in [1.82, 2.24) is 19.8 Å². The minimum atomic E-state index is -3.36. The van der Waals surface area contributed by atoms with Gasteiger partial charge in [0.15, 0.2) is 0 Å². The molecule has 1 aromatic carbocycles. The SMILES string of the molecule is Cc1c(NCc2ccc(Cl)c(Cl)c2)ncnc1C(=O)N1CCC(N2CCC(=NS(C)(=O)=O)C2)CC1. The summed E-state index contributed by atoms with van der Waals surface area (Å²) in [6, 6.07) is 5.72. The number of nitrogens with zero attached hydrogens (tertiary/aromatic N) is 5. The topological polar surface area (TPSA) is 108 Å². The molecule has 0 saturated carbocycles. The van der Waals surface area contributed by atoms with Gasteiger partial charge in [0.1, 0.15) is 17.8 Å². The molecule has 0 spiro atoms. The summed E-state index contributed by atoms with van der Waals surface area (Å²) in [4.78, 5) is 25.9. The molecule has 0 bridgehead atoms. The number of rotatable bonds is 6. The van der Waals surface area contributed by atoms with E-state index in [4.69, 9.17) is 23.2 Å². The summed E-state index contributed by atoms with van der Waals surface area (Å²) in [6.45, 7) is 4.93. The molecular formula is C23H28Cl2N6O3S. The van der Waals surface area contributed by atoms with Crippen molar-refractivity contribution in [3.63, 3.8) is 0 Å². The van der Waals surface area contributed by atoms with E-state index in [2.05, 4.69) is 24.6 Å². The highest BCUT2D eigenvalue weighted by Gasteiger charge is 2.32.